The van der Waals surface area contributed by atoms with Crippen LogP contribution in [0.5, 0.6) is 0 Å². The Morgan fingerprint density at radius 2 is 2.22 bits per heavy atom. The van der Waals surface area contributed by atoms with Gasteiger partial charge in [-0.05, 0) is 12.1 Å². The lowest BCUT2D eigenvalue weighted by Gasteiger charge is -2.32. The third-order valence-electron chi connectivity index (χ3n) is 3.01. The number of fused-ring (bicyclic) bond motifs is 1. The van der Waals surface area contributed by atoms with Crippen molar-refractivity contribution in [1.29, 1.82) is 0 Å². The molecule has 2 aromatic rings. The molecule has 0 saturated carbocycles. The molecule has 2 atom stereocenters. The first-order valence-corrected chi connectivity index (χ1v) is 5.46. The van der Waals surface area contributed by atoms with Crippen molar-refractivity contribution in [3.63, 3.8) is 0 Å². The molecule has 0 saturated heterocycles. The second kappa shape index (κ2) is 3.79. The van der Waals surface area contributed by atoms with Crippen LogP contribution in [0.3, 0.4) is 0 Å². The van der Waals surface area contributed by atoms with Crippen molar-refractivity contribution in [3.05, 3.63) is 36.4 Å². The summed E-state index contributed by atoms with van der Waals surface area (Å²) in [5.74, 6) is 0.849. The summed E-state index contributed by atoms with van der Waals surface area (Å²) in [4.78, 5) is 0. The molecule has 0 bridgehead atoms. The molecule has 0 amide bonds. The molecule has 0 unspecified atom stereocenters. The molecule has 0 fully saturated rings. The normalized spacial score (nSPS) is 23.5. The maximum Gasteiger partial charge on any atom is 0.410 e. The van der Waals surface area contributed by atoms with Crippen molar-refractivity contribution in [2.24, 2.45) is 0 Å². The predicted molar refractivity (Wildman–Crippen MR) is 57.0 cm³/mol. The number of nitrogens with zero attached hydrogens (tertiary/aromatic N) is 2. The first-order chi connectivity index (χ1) is 8.55. The van der Waals surface area contributed by atoms with Crippen LogP contribution in [-0.4, -0.2) is 16.0 Å². The Labute approximate surface area is 100 Å². The van der Waals surface area contributed by atoms with E-state index in [4.69, 9.17) is 4.42 Å². The standard InChI is InChI=1S/C11H10F3N3O/c12-11(13,14)9-6-7(8-2-1-5-18-8)16-10-3-4-15-17(9)10/h1-5,7,9,16H,6H2/t7-,9+/m0/s1. The highest BCUT2D eigenvalue weighted by atomic mass is 19.4. The van der Waals surface area contributed by atoms with Gasteiger partial charge in [0.1, 0.15) is 11.6 Å². The number of anilines is 1. The van der Waals surface area contributed by atoms with Gasteiger partial charge in [-0.1, -0.05) is 0 Å². The summed E-state index contributed by atoms with van der Waals surface area (Å²) < 4.78 is 45.1. The molecule has 4 nitrogen and oxygen atoms in total. The highest BCUT2D eigenvalue weighted by Crippen LogP contribution is 2.43. The van der Waals surface area contributed by atoms with Crippen molar-refractivity contribution in [1.82, 2.24) is 9.78 Å². The quantitative estimate of drug-likeness (QED) is 0.853. The molecule has 3 rings (SSSR count). The molecule has 0 spiro atoms. The predicted octanol–water partition coefficient (Wildman–Crippen LogP) is 3.14. The largest absolute Gasteiger partial charge is 0.467 e. The van der Waals surface area contributed by atoms with Gasteiger partial charge in [0.25, 0.3) is 0 Å². The zero-order valence-corrected chi connectivity index (χ0v) is 9.19. The van der Waals surface area contributed by atoms with Crippen molar-refractivity contribution in [2.75, 3.05) is 5.32 Å². The number of aromatic nitrogens is 2. The number of halogens is 3. The third-order valence-corrected chi connectivity index (χ3v) is 3.01. The van der Waals surface area contributed by atoms with Gasteiger partial charge in [-0.15, -0.1) is 0 Å². The molecule has 1 aliphatic rings. The monoisotopic (exact) mass is 257 g/mol. The van der Waals surface area contributed by atoms with E-state index >= 15 is 0 Å². The Bertz CT molecular complexity index is 532. The lowest BCUT2D eigenvalue weighted by Crippen LogP contribution is -2.35. The topological polar surface area (TPSA) is 43.0 Å². The highest BCUT2D eigenvalue weighted by molar-refractivity contribution is 5.39. The van der Waals surface area contributed by atoms with Crippen molar-refractivity contribution >= 4 is 5.82 Å². The molecule has 0 radical (unpaired) electrons. The molecule has 7 heteroatoms. The highest BCUT2D eigenvalue weighted by Gasteiger charge is 2.46. The fourth-order valence-electron chi connectivity index (χ4n) is 2.19. The lowest BCUT2D eigenvalue weighted by atomic mass is 10.0. The molecule has 1 aliphatic heterocycles. The number of alkyl halides is 3. The summed E-state index contributed by atoms with van der Waals surface area (Å²) in [5.41, 5.74) is 0. The van der Waals surface area contributed by atoms with Crippen LogP contribution in [0.2, 0.25) is 0 Å². The van der Waals surface area contributed by atoms with E-state index in [0.717, 1.165) is 4.68 Å². The lowest BCUT2D eigenvalue weighted by molar-refractivity contribution is -0.174. The van der Waals surface area contributed by atoms with E-state index in [1.54, 1.807) is 12.1 Å². The van der Waals surface area contributed by atoms with Crippen molar-refractivity contribution in [2.45, 2.75) is 24.7 Å². The Morgan fingerprint density at radius 3 is 2.89 bits per heavy atom. The SMILES string of the molecule is FC(F)(F)[C@H]1C[C@@H](c2ccco2)Nc2ccnn21. The second-order valence-electron chi connectivity index (χ2n) is 4.17. The smallest absolute Gasteiger partial charge is 0.410 e. The minimum absolute atomic E-state index is 0.133. The van der Waals surface area contributed by atoms with Gasteiger partial charge in [0, 0.05) is 12.5 Å². The van der Waals surface area contributed by atoms with Gasteiger partial charge in [-0.2, -0.15) is 18.3 Å². The third kappa shape index (κ3) is 1.75. The Balaban J connectivity index is 1.97. The number of hydrogen-bond acceptors (Lipinski definition) is 3. The van der Waals surface area contributed by atoms with Crippen LogP contribution in [0.25, 0.3) is 0 Å². The minimum atomic E-state index is -4.33. The average molecular weight is 257 g/mol. The molecule has 0 aromatic carbocycles. The zero-order chi connectivity index (χ0) is 12.8. The Hall–Kier alpha value is -1.92. The average Bonchev–Trinajstić information content (AvgIpc) is 2.97. The van der Waals surface area contributed by atoms with Crippen LogP contribution in [0.15, 0.2) is 35.1 Å². The fraction of sp³-hybridized carbons (Fsp3) is 0.364. The summed E-state index contributed by atoms with van der Waals surface area (Å²) in [6.07, 6.45) is -1.66. The van der Waals surface area contributed by atoms with E-state index in [1.807, 2.05) is 0 Å². The van der Waals surface area contributed by atoms with E-state index in [9.17, 15) is 13.2 Å². The molecule has 1 N–H and O–H groups in total. The van der Waals surface area contributed by atoms with Crippen LogP contribution < -0.4 is 5.32 Å². The molecule has 96 valence electrons. The Morgan fingerprint density at radius 1 is 1.39 bits per heavy atom. The summed E-state index contributed by atoms with van der Waals surface area (Å²) in [6, 6.07) is 2.73. The molecular weight excluding hydrogens is 247 g/mol. The van der Waals surface area contributed by atoms with Gasteiger partial charge in [-0.3, -0.25) is 0 Å². The minimum Gasteiger partial charge on any atom is -0.467 e. The van der Waals surface area contributed by atoms with Crippen molar-refractivity contribution in [3.8, 4) is 0 Å². The van der Waals surface area contributed by atoms with Crippen molar-refractivity contribution < 1.29 is 17.6 Å². The van der Waals surface area contributed by atoms with Crippen LogP contribution >= 0.6 is 0 Å². The summed E-state index contributed by atoms with van der Waals surface area (Å²) in [5, 5.41) is 6.71. The van der Waals surface area contributed by atoms with Gasteiger partial charge in [0.05, 0.1) is 18.5 Å². The number of nitrogens with one attached hydrogen (secondary N) is 1. The molecule has 18 heavy (non-hydrogen) atoms. The summed E-state index contributed by atoms with van der Waals surface area (Å²) in [7, 11) is 0. The summed E-state index contributed by atoms with van der Waals surface area (Å²) >= 11 is 0. The van der Waals surface area contributed by atoms with Crippen LogP contribution in [0.4, 0.5) is 19.0 Å². The van der Waals surface area contributed by atoms with Gasteiger partial charge < -0.3 is 9.73 Å². The van der Waals surface area contributed by atoms with Crippen LogP contribution in [-0.2, 0) is 0 Å². The maximum absolute atomic E-state index is 13.0. The van der Waals surface area contributed by atoms with E-state index in [1.165, 1.54) is 18.5 Å². The Kier molecular flexibility index (Phi) is 2.36. The van der Waals surface area contributed by atoms with E-state index in [2.05, 4.69) is 10.4 Å². The number of rotatable bonds is 1. The van der Waals surface area contributed by atoms with E-state index in [0.29, 0.717) is 11.6 Å². The summed E-state index contributed by atoms with van der Waals surface area (Å²) in [6.45, 7) is 0. The second-order valence-corrected chi connectivity index (χ2v) is 4.17. The molecule has 0 aliphatic carbocycles. The molecule has 2 aromatic heterocycles. The first-order valence-electron chi connectivity index (χ1n) is 5.46. The number of hydrogen-bond donors (Lipinski definition) is 1. The van der Waals surface area contributed by atoms with E-state index < -0.39 is 18.3 Å². The first kappa shape index (κ1) is 11.2. The van der Waals surface area contributed by atoms with Gasteiger partial charge in [0.2, 0.25) is 0 Å². The maximum atomic E-state index is 13.0. The molecule has 3 heterocycles. The van der Waals surface area contributed by atoms with Gasteiger partial charge in [-0.25, -0.2) is 4.68 Å². The van der Waals surface area contributed by atoms with Gasteiger partial charge in [0.15, 0.2) is 6.04 Å². The molecular formula is C11H10F3N3O. The van der Waals surface area contributed by atoms with Crippen LogP contribution in [0, 0.1) is 0 Å². The van der Waals surface area contributed by atoms with E-state index in [-0.39, 0.29) is 6.42 Å². The van der Waals surface area contributed by atoms with Crippen LogP contribution in [0.1, 0.15) is 24.3 Å². The fourth-order valence-corrected chi connectivity index (χ4v) is 2.19. The number of furan rings is 1. The zero-order valence-electron chi connectivity index (χ0n) is 9.19. The van der Waals surface area contributed by atoms with Gasteiger partial charge >= 0.3 is 6.18 Å².